The molecule has 2 amide bonds. The summed E-state index contributed by atoms with van der Waals surface area (Å²) in [5, 5.41) is 22.7. The zero-order valence-corrected chi connectivity index (χ0v) is 9.98. The van der Waals surface area contributed by atoms with Crippen LogP contribution in [0.5, 0.6) is 0 Å². The number of aliphatic carboxylic acids is 1. The van der Waals surface area contributed by atoms with Crippen LogP contribution in [0, 0.1) is 5.92 Å². The quantitative estimate of drug-likeness (QED) is 0.518. The van der Waals surface area contributed by atoms with Gasteiger partial charge in [-0.2, -0.15) is 0 Å². The smallest absolute Gasteiger partial charge is 0.332 e. The Kier molecular flexibility index (Phi) is 5.21. The third kappa shape index (κ3) is 5.04. The second kappa shape index (κ2) is 6.44. The third-order valence-electron chi connectivity index (χ3n) is 2.89. The summed E-state index contributed by atoms with van der Waals surface area (Å²) in [6.45, 7) is 2.27. The maximum Gasteiger partial charge on any atom is 0.332 e. The highest BCUT2D eigenvalue weighted by Crippen LogP contribution is 2.34. The van der Waals surface area contributed by atoms with Gasteiger partial charge in [0.15, 0.2) is 6.10 Å². The van der Waals surface area contributed by atoms with Crippen molar-refractivity contribution in [3.05, 3.63) is 0 Å². The highest BCUT2D eigenvalue weighted by atomic mass is 16.4. The monoisotopic (exact) mass is 244 g/mol. The number of rotatable bonds is 7. The molecule has 1 aliphatic rings. The van der Waals surface area contributed by atoms with Crippen LogP contribution in [0.4, 0.5) is 4.79 Å². The van der Waals surface area contributed by atoms with Gasteiger partial charge in [0.2, 0.25) is 0 Å². The maximum absolute atomic E-state index is 11.3. The second-order valence-electron chi connectivity index (χ2n) is 4.43. The van der Waals surface area contributed by atoms with Crippen molar-refractivity contribution in [3.8, 4) is 0 Å². The van der Waals surface area contributed by atoms with Crippen molar-refractivity contribution in [2.24, 2.45) is 5.92 Å². The van der Waals surface area contributed by atoms with Crippen LogP contribution in [-0.4, -0.2) is 40.9 Å². The molecule has 0 spiro atoms. The van der Waals surface area contributed by atoms with Crippen LogP contribution >= 0.6 is 0 Å². The minimum Gasteiger partial charge on any atom is -0.479 e. The van der Waals surface area contributed by atoms with E-state index in [4.69, 9.17) is 10.2 Å². The molecule has 0 bridgehead atoms. The molecule has 4 N–H and O–H groups in total. The summed E-state index contributed by atoms with van der Waals surface area (Å²) >= 11 is 0. The Hall–Kier alpha value is -1.30. The van der Waals surface area contributed by atoms with Gasteiger partial charge in [-0.1, -0.05) is 13.3 Å². The fraction of sp³-hybridized carbons (Fsp3) is 0.818. The van der Waals surface area contributed by atoms with Crippen molar-refractivity contribution >= 4 is 12.0 Å². The van der Waals surface area contributed by atoms with Crippen LogP contribution in [0.15, 0.2) is 0 Å². The first kappa shape index (κ1) is 13.8. The minimum absolute atomic E-state index is 0.0197. The molecule has 0 aromatic carbocycles. The van der Waals surface area contributed by atoms with Crippen molar-refractivity contribution in [1.29, 1.82) is 0 Å². The van der Waals surface area contributed by atoms with Crippen LogP contribution in [-0.2, 0) is 4.79 Å². The number of carbonyl (C=O) groups is 2. The molecule has 1 fully saturated rings. The van der Waals surface area contributed by atoms with E-state index in [1.165, 1.54) is 0 Å². The van der Waals surface area contributed by atoms with Gasteiger partial charge in [0.1, 0.15) is 0 Å². The molecule has 3 unspecified atom stereocenters. The first-order valence-corrected chi connectivity index (χ1v) is 5.99. The van der Waals surface area contributed by atoms with E-state index in [1.54, 1.807) is 0 Å². The van der Waals surface area contributed by atoms with E-state index in [-0.39, 0.29) is 25.0 Å². The van der Waals surface area contributed by atoms with Gasteiger partial charge < -0.3 is 20.8 Å². The number of hydrogen-bond acceptors (Lipinski definition) is 3. The summed E-state index contributed by atoms with van der Waals surface area (Å²) in [4.78, 5) is 21.6. The van der Waals surface area contributed by atoms with Crippen LogP contribution in [0.3, 0.4) is 0 Å². The van der Waals surface area contributed by atoms with Crippen molar-refractivity contribution in [2.45, 2.75) is 44.8 Å². The number of carboxylic acids is 1. The Labute approximate surface area is 100 Å². The normalized spacial score (nSPS) is 23.9. The zero-order chi connectivity index (χ0) is 12.8. The molecule has 6 heteroatoms. The second-order valence-corrected chi connectivity index (χ2v) is 4.43. The number of amides is 2. The molecule has 0 aromatic rings. The van der Waals surface area contributed by atoms with E-state index in [2.05, 4.69) is 17.6 Å². The lowest BCUT2D eigenvalue weighted by Gasteiger charge is -2.08. The largest absolute Gasteiger partial charge is 0.479 e. The molecule has 98 valence electrons. The molecule has 0 aromatic heterocycles. The first-order chi connectivity index (χ1) is 8.04. The van der Waals surface area contributed by atoms with E-state index in [0.29, 0.717) is 5.92 Å². The molecule has 0 radical (unpaired) electrons. The average Bonchev–Trinajstić information content (AvgIpc) is 2.96. The predicted molar refractivity (Wildman–Crippen MR) is 61.6 cm³/mol. The molecule has 1 aliphatic carbocycles. The number of carbonyl (C=O) groups excluding carboxylic acids is 1. The molecular formula is C11H20N2O4. The molecular weight excluding hydrogens is 224 g/mol. The topological polar surface area (TPSA) is 98.7 Å². The van der Waals surface area contributed by atoms with E-state index >= 15 is 0 Å². The SMILES string of the molecule is CCCC1CC1NC(=O)NCCC(O)C(=O)O. The lowest BCUT2D eigenvalue weighted by Crippen LogP contribution is -2.39. The maximum atomic E-state index is 11.3. The van der Waals surface area contributed by atoms with Gasteiger partial charge in [0.05, 0.1) is 0 Å². The molecule has 0 aliphatic heterocycles. The van der Waals surface area contributed by atoms with Crippen LogP contribution in [0.1, 0.15) is 32.6 Å². The van der Waals surface area contributed by atoms with Gasteiger partial charge in [-0.3, -0.25) is 0 Å². The zero-order valence-electron chi connectivity index (χ0n) is 9.98. The van der Waals surface area contributed by atoms with Gasteiger partial charge in [0, 0.05) is 19.0 Å². The lowest BCUT2D eigenvalue weighted by molar-refractivity contribution is -0.146. The summed E-state index contributed by atoms with van der Waals surface area (Å²) in [6.07, 6.45) is 1.88. The van der Waals surface area contributed by atoms with Gasteiger partial charge in [-0.05, 0) is 18.8 Å². The molecule has 1 rings (SSSR count). The van der Waals surface area contributed by atoms with Crippen LogP contribution in [0.25, 0.3) is 0 Å². The standard InChI is InChI=1S/C11H20N2O4/c1-2-3-7-6-8(7)13-11(17)12-5-4-9(14)10(15)16/h7-9,14H,2-6H2,1H3,(H,15,16)(H2,12,13,17). The van der Waals surface area contributed by atoms with Crippen molar-refractivity contribution in [1.82, 2.24) is 10.6 Å². The summed E-state index contributed by atoms with van der Waals surface area (Å²) < 4.78 is 0. The summed E-state index contributed by atoms with van der Waals surface area (Å²) in [5.41, 5.74) is 0. The van der Waals surface area contributed by atoms with Crippen molar-refractivity contribution in [3.63, 3.8) is 0 Å². The van der Waals surface area contributed by atoms with E-state index in [1.807, 2.05) is 0 Å². The number of aliphatic hydroxyl groups is 1. The first-order valence-electron chi connectivity index (χ1n) is 5.99. The van der Waals surface area contributed by atoms with Gasteiger partial charge in [0.25, 0.3) is 0 Å². The molecule has 1 saturated carbocycles. The van der Waals surface area contributed by atoms with E-state index in [9.17, 15) is 9.59 Å². The number of urea groups is 1. The van der Waals surface area contributed by atoms with Crippen LogP contribution in [0.2, 0.25) is 0 Å². The fourth-order valence-electron chi connectivity index (χ4n) is 1.78. The fourth-order valence-corrected chi connectivity index (χ4v) is 1.78. The van der Waals surface area contributed by atoms with Crippen LogP contribution < -0.4 is 10.6 Å². The molecule has 6 nitrogen and oxygen atoms in total. The molecule has 3 atom stereocenters. The summed E-state index contributed by atoms with van der Waals surface area (Å²) in [6, 6.07) is -0.0226. The number of aliphatic hydroxyl groups excluding tert-OH is 1. The molecule has 0 heterocycles. The predicted octanol–water partition coefficient (Wildman–Crippen LogP) is 0.310. The average molecular weight is 244 g/mol. The lowest BCUT2D eigenvalue weighted by atomic mass is 10.2. The van der Waals surface area contributed by atoms with E-state index < -0.39 is 12.1 Å². The Balaban J connectivity index is 2.05. The van der Waals surface area contributed by atoms with Gasteiger partial charge >= 0.3 is 12.0 Å². The number of hydrogen-bond donors (Lipinski definition) is 4. The Morgan fingerprint density at radius 3 is 2.76 bits per heavy atom. The van der Waals surface area contributed by atoms with Gasteiger partial charge in [-0.25, -0.2) is 9.59 Å². The number of carboxylic acid groups (broad SMARTS) is 1. The Bertz CT molecular complexity index is 283. The van der Waals surface area contributed by atoms with E-state index in [0.717, 1.165) is 19.3 Å². The molecule has 0 saturated heterocycles. The van der Waals surface area contributed by atoms with Crippen molar-refractivity contribution < 1.29 is 19.8 Å². The number of nitrogens with one attached hydrogen (secondary N) is 2. The minimum atomic E-state index is -1.41. The van der Waals surface area contributed by atoms with Gasteiger partial charge in [-0.15, -0.1) is 0 Å². The summed E-state index contributed by atoms with van der Waals surface area (Å²) in [7, 11) is 0. The molecule has 17 heavy (non-hydrogen) atoms. The Morgan fingerprint density at radius 2 is 2.18 bits per heavy atom. The third-order valence-corrected chi connectivity index (χ3v) is 2.89. The highest BCUT2D eigenvalue weighted by molar-refractivity contribution is 5.75. The summed E-state index contributed by atoms with van der Waals surface area (Å²) in [5.74, 6) is -0.673. The van der Waals surface area contributed by atoms with Crippen molar-refractivity contribution in [2.75, 3.05) is 6.54 Å². The highest BCUT2D eigenvalue weighted by Gasteiger charge is 2.37. The Morgan fingerprint density at radius 1 is 1.47 bits per heavy atom.